The Kier molecular flexibility index (Phi) is 3.99. The molecule has 92 valence electrons. The summed E-state index contributed by atoms with van der Waals surface area (Å²) in [5.41, 5.74) is 0.497. The van der Waals surface area contributed by atoms with Crippen LogP contribution in [0.1, 0.15) is 10.4 Å². The second-order valence-corrected chi connectivity index (χ2v) is 4.86. The van der Waals surface area contributed by atoms with E-state index in [1.54, 1.807) is 30.3 Å². The Morgan fingerprint density at radius 1 is 1.22 bits per heavy atom. The molecule has 1 amide bonds. The first-order chi connectivity index (χ1) is 8.58. The maximum absolute atomic E-state index is 13.7. The highest BCUT2D eigenvalue weighted by Gasteiger charge is 2.13. The molecule has 0 unspecified atom stereocenters. The van der Waals surface area contributed by atoms with Crippen molar-refractivity contribution in [3.8, 4) is 0 Å². The quantitative estimate of drug-likeness (QED) is 0.864. The molecule has 0 saturated carbocycles. The zero-order chi connectivity index (χ0) is 13.1. The van der Waals surface area contributed by atoms with Gasteiger partial charge in [-0.1, -0.05) is 23.7 Å². The molecule has 0 fully saturated rings. The Bertz CT molecular complexity index is 603. The van der Waals surface area contributed by atoms with E-state index in [1.165, 1.54) is 12.1 Å². The number of nitrogens with one attached hydrogen (secondary N) is 1. The summed E-state index contributed by atoms with van der Waals surface area (Å²) in [6, 6.07) is 11.2. The third-order valence-electron chi connectivity index (χ3n) is 2.28. The van der Waals surface area contributed by atoms with Gasteiger partial charge in [0.05, 0.1) is 10.0 Å². The van der Waals surface area contributed by atoms with Crippen LogP contribution in [0.2, 0.25) is 5.02 Å². The lowest BCUT2D eigenvalue weighted by Crippen LogP contribution is -2.13. The van der Waals surface area contributed by atoms with E-state index >= 15 is 0 Å². The minimum Gasteiger partial charge on any atom is -0.322 e. The van der Waals surface area contributed by atoms with E-state index in [4.69, 9.17) is 11.6 Å². The second-order valence-electron chi connectivity index (χ2n) is 3.57. The van der Waals surface area contributed by atoms with E-state index in [-0.39, 0.29) is 10.0 Å². The van der Waals surface area contributed by atoms with Crippen molar-refractivity contribution in [2.24, 2.45) is 0 Å². The van der Waals surface area contributed by atoms with Crippen molar-refractivity contribution >= 4 is 39.1 Å². The number of benzene rings is 2. The van der Waals surface area contributed by atoms with Crippen LogP contribution in [0.15, 0.2) is 46.9 Å². The van der Waals surface area contributed by atoms with Crippen LogP contribution in [-0.2, 0) is 0 Å². The molecule has 0 aliphatic heterocycles. The fourth-order valence-corrected chi connectivity index (χ4v) is 2.00. The summed E-state index contributed by atoms with van der Waals surface area (Å²) in [4.78, 5) is 11.9. The van der Waals surface area contributed by atoms with Crippen LogP contribution in [0.4, 0.5) is 10.1 Å². The fourth-order valence-electron chi connectivity index (χ4n) is 1.44. The van der Waals surface area contributed by atoms with Crippen LogP contribution in [0.3, 0.4) is 0 Å². The van der Waals surface area contributed by atoms with Crippen LogP contribution in [0.25, 0.3) is 0 Å². The molecule has 0 bridgehead atoms. The summed E-state index contributed by atoms with van der Waals surface area (Å²) >= 11 is 8.83. The monoisotopic (exact) mass is 327 g/mol. The van der Waals surface area contributed by atoms with E-state index in [2.05, 4.69) is 21.2 Å². The van der Waals surface area contributed by atoms with Gasteiger partial charge in [0.1, 0.15) is 5.82 Å². The van der Waals surface area contributed by atoms with Crippen molar-refractivity contribution in [1.29, 1.82) is 0 Å². The molecule has 0 radical (unpaired) electrons. The average molecular weight is 329 g/mol. The van der Waals surface area contributed by atoms with E-state index in [1.807, 2.05) is 0 Å². The highest BCUT2D eigenvalue weighted by Crippen LogP contribution is 2.20. The zero-order valence-corrected chi connectivity index (χ0v) is 11.4. The van der Waals surface area contributed by atoms with Gasteiger partial charge in [0.2, 0.25) is 0 Å². The largest absolute Gasteiger partial charge is 0.322 e. The molecule has 0 atom stereocenters. The molecule has 2 nitrogen and oxygen atoms in total. The summed E-state index contributed by atoms with van der Waals surface area (Å²) in [5, 5.41) is 3.09. The van der Waals surface area contributed by atoms with Gasteiger partial charge >= 0.3 is 0 Å². The normalized spacial score (nSPS) is 10.2. The van der Waals surface area contributed by atoms with Gasteiger partial charge in [-0.3, -0.25) is 4.79 Å². The number of anilines is 1. The molecule has 2 aromatic carbocycles. The Hall–Kier alpha value is -1.39. The van der Waals surface area contributed by atoms with Crippen LogP contribution >= 0.6 is 27.5 Å². The van der Waals surface area contributed by atoms with Crippen LogP contribution in [0, 0.1) is 5.82 Å². The number of halogens is 3. The van der Waals surface area contributed by atoms with Crippen molar-refractivity contribution in [2.45, 2.75) is 0 Å². The number of carbonyl (C=O) groups is 1. The van der Waals surface area contributed by atoms with Gasteiger partial charge < -0.3 is 5.32 Å². The van der Waals surface area contributed by atoms with Gasteiger partial charge in [0.15, 0.2) is 0 Å². The molecule has 2 aromatic rings. The minimum atomic E-state index is -0.586. The third kappa shape index (κ3) is 2.89. The van der Waals surface area contributed by atoms with Crippen LogP contribution in [-0.4, -0.2) is 5.91 Å². The molecule has 1 N–H and O–H groups in total. The molecular formula is C13H8BrClFNO. The van der Waals surface area contributed by atoms with Crippen molar-refractivity contribution < 1.29 is 9.18 Å². The molecule has 0 aliphatic carbocycles. The fraction of sp³-hybridized carbons (Fsp3) is 0. The minimum absolute atomic E-state index is 0.0237. The summed E-state index contributed by atoms with van der Waals surface area (Å²) < 4.78 is 14.0. The molecule has 0 saturated heterocycles. The average Bonchev–Trinajstić information content (AvgIpc) is 2.32. The molecule has 0 spiro atoms. The van der Waals surface area contributed by atoms with Crippen molar-refractivity contribution in [1.82, 2.24) is 0 Å². The van der Waals surface area contributed by atoms with Crippen molar-refractivity contribution in [2.75, 3.05) is 5.32 Å². The first kappa shape index (κ1) is 13.1. The number of amides is 1. The standard InChI is InChI=1S/C13H8BrClFNO/c14-11-6-2-5-10(12(11)16)13(18)17-9-4-1-3-8(15)7-9/h1-7H,(H,17,18). The van der Waals surface area contributed by atoms with Gasteiger partial charge in [-0.25, -0.2) is 4.39 Å². The Balaban J connectivity index is 2.25. The van der Waals surface area contributed by atoms with E-state index in [9.17, 15) is 9.18 Å². The molecule has 0 aromatic heterocycles. The first-order valence-electron chi connectivity index (χ1n) is 5.09. The molecule has 18 heavy (non-hydrogen) atoms. The summed E-state index contributed by atoms with van der Waals surface area (Å²) in [6.45, 7) is 0. The maximum Gasteiger partial charge on any atom is 0.258 e. The SMILES string of the molecule is O=C(Nc1cccc(Cl)c1)c1cccc(Br)c1F. The van der Waals surface area contributed by atoms with Crippen molar-refractivity contribution in [3.63, 3.8) is 0 Å². The number of carbonyl (C=O) groups excluding carboxylic acids is 1. The number of hydrogen-bond donors (Lipinski definition) is 1. The number of rotatable bonds is 2. The molecule has 5 heteroatoms. The van der Waals surface area contributed by atoms with E-state index < -0.39 is 11.7 Å². The van der Waals surface area contributed by atoms with Gasteiger partial charge in [-0.05, 0) is 46.3 Å². The predicted octanol–water partition coefficient (Wildman–Crippen LogP) is 4.49. The smallest absolute Gasteiger partial charge is 0.258 e. The molecule has 0 aliphatic rings. The van der Waals surface area contributed by atoms with E-state index in [0.29, 0.717) is 10.7 Å². The topological polar surface area (TPSA) is 29.1 Å². The number of hydrogen-bond acceptors (Lipinski definition) is 1. The molecule has 2 rings (SSSR count). The van der Waals surface area contributed by atoms with Gasteiger partial charge in [0.25, 0.3) is 5.91 Å². The van der Waals surface area contributed by atoms with Crippen molar-refractivity contribution in [3.05, 3.63) is 63.3 Å². The maximum atomic E-state index is 13.7. The van der Waals surface area contributed by atoms with E-state index in [0.717, 1.165) is 0 Å². The van der Waals surface area contributed by atoms with Gasteiger partial charge in [-0.15, -0.1) is 0 Å². The third-order valence-corrected chi connectivity index (χ3v) is 3.13. The highest BCUT2D eigenvalue weighted by molar-refractivity contribution is 9.10. The lowest BCUT2D eigenvalue weighted by molar-refractivity contribution is 0.102. The van der Waals surface area contributed by atoms with Gasteiger partial charge in [0, 0.05) is 10.7 Å². The lowest BCUT2D eigenvalue weighted by Gasteiger charge is -2.07. The highest BCUT2D eigenvalue weighted by atomic mass is 79.9. The lowest BCUT2D eigenvalue weighted by atomic mass is 10.2. The zero-order valence-electron chi connectivity index (χ0n) is 9.08. The molecule has 0 heterocycles. The Morgan fingerprint density at radius 2 is 1.94 bits per heavy atom. The Labute approximate surface area is 117 Å². The molecular weight excluding hydrogens is 321 g/mol. The first-order valence-corrected chi connectivity index (χ1v) is 6.26. The summed E-state index contributed by atoms with van der Waals surface area (Å²) in [5.74, 6) is -1.10. The Morgan fingerprint density at radius 3 is 2.67 bits per heavy atom. The second kappa shape index (κ2) is 5.50. The van der Waals surface area contributed by atoms with Gasteiger partial charge in [-0.2, -0.15) is 0 Å². The van der Waals surface area contributed by atoms with Crippen LogP contribution in [0.5, 0.6) is 0 Å². The summed E-state index contributed by atoms with van der Waals surface area (Å²) in [7, 11) is 0. The summed E-state index contributed by atoms with van der Waals surface area (Å²) in [6.07, 6.45) is 0. The van der Waals surface area contributed by atoms with Crippen LogP contribution < -0.4 is 5.32 Å². The predicted molar refractivity (Wildman–Crippen MR) is 73.5 cm³/mol.